The van der Waals surface area contributed by atoms with E-state index in [9.17, 15) is 14.4 Å². The van der Waals surface area contributed by atoms with E-state index in [4.69, 9.17) is 5.73 Å². The average Bonchev–Trinajstić information content (AvgIpc) is 2.78. The number of halogens is 3. The Kier molecular flexibility index (Phi) is 12.1. The maximum Gasteiger partial charge on any atom is 0.243 e. The highest BCUT2D eigenvalue weighted by atomic mass is 79.9. The van der Waals surface area contributed by atoms with E-state index in [1.165, 1.54) is 6.20 Å². The van der Waals surface area contributed by atoms with Gasteiger partial charge in [-0.3, -0.25) is 19.4 Å². The number of para-hydroxylation sites is 1. The Labute approximate surface area is 221 Å². The zero-order valence-corrected chi connectivity index (χ0v) is 22.4. The van der Waals surface area contributed by atoms with E-state index in [1.54, 1.807) is 36.4 Å². The molecular formula is C23H23Br3N4O3. The minimum absolute atomic E-state index is 0. The maximum absolute atomic E-state index is 12.8. The number of hydrogen-bond donors (Lipinski definition) is 3. The zero-order valence-electron chi connectivity index (χ0n) is 17.4. The third-order valence-electron chi connectivity index (χ3n) is 4.46. The van der Waals surface area contributed by atoms with Crippen molar-refractivity contribution in [1.82, 2.24) is 10.3 Å². The summed E-state index contributed by atoms with van der Waals surface area (Å²) in [5.41, 5.74) is 7.74. The largest absolute Gasteiger partial charge is 0.346 e. The number of aromatic nitrogens is 1. The third-order valence-corrected chi connectivity index (χ3v) is 4.95. The Hall–Kier alpha value is -2.40. The van der Waals surface area contributed by atoms with Gasteiger partial charge in [0.25, 0.3) is 0 Å². The van der Waals surface area contributed by atoms with Gasteiger partial charge in [0.05, 0.1) is 18.3 Å². The van der Waals surface area contributed by atoms with Crippen LogP contribution in [0.25, 0.3) is 0 Å². The molecule has 0 aliphatic rings. The molecular weight excluding hydrogens is 620 g/mol. The number of benzene rings is 2. The summed E-state index contributed by atoms with van der Waals surface area (Å²) in [5.74, 6) is -1.23. The Balaban J connectivity index is 0.00000272. The van der Waals surface area contributed by atoms with Gasteiger partial charge < -0.3 is 16.4 Å². The number of nitrogens with zero attached hydrogens (tertiary/aromatic N) is 1. The molecule has 2 aromatic carbocycles. The molecule has 174 valence electrons. The summed E-state index contributed by atoms with van der Waals surface area (Å²) < 4.78 is 0.724. The molecule has 2 amide bonds. The molecule has 4 N–H and O–H groups in total. The lowest BCUT2D eigenvalue weighted by Gasteiger charge is -2.13. The Morgan fingerprint density at radius 2 is 1.64 bits per heavy atom. The fourth-order valence-electron chi connectivity index (χ4n) is 2.91. The first-order valence-corrected chi connectivity index (χ1v) is 10.4. The number of hydrogen-bond acceptors (Lipinski definition) is 5. The van der Waals surface area contributed by atoms with Crippen LogP contribution in [0.1, 0.15) is 21.6 Å². The SMILES string of the molecule is Br.Br.N[C@@H](Cc1ccccc1)C(=O)NCC(=O)Nc1ccccc1C(=O)c1cc(Br)ccn1. The van der Waals surface area contributed by atoms with Gasteiger partial charge in [0.15, 0.2) is 0 Å². The average molecular weight is 643 g/mol. The number of ketones is 1. The second kappa shape index (κ2) is 14.0. The molecule has 0 spiro atoms. The second-order valence-corrected chi connectivity index (χ2v) is 7.71. The quantitative estimate of drug-likeness (QED) is 0.323. The molecule has 0 saturated carbocycles. The smallest absolute Gasteiger partial charge is 0.243 e. The topological polar surface area (TPSA) is 114 Å². The zero-order chi connectivity index (χ0) is 22.2. The van der Waals surface area contributed by atoms with Gasteiger partial charge in [0.2, 0.25) is 17.6 Å². The van der Waals surface area contributed by atoms with Crippen LogP contribution in [0.2, 0.25) is 0 Å². The molecule has 0 aliphatic carbocycles. The number of nitrogens with two attached hydrogens (primary N) is 1. The predicted molar refractivity (Wildman–Crippen MR) is 142 cm³/mol. The highest BCUT2D eigenvalue weighted by Crippen LogP contribution is 2.20. The van der Waals surface area contributed by atoms with E-state index < -0.39 is 17.9 Å². The molecule has 1 atom stereocenters. The molecule has 33 heavy (non-hydrogen) atoms. The molecule has 0 saturated heterocycles. The first kappa shape index (κ1) is 28.6. The highest BCUT2D eigenvalue weighted by Gasteiger charge is 2.18. The summed E-state index contributed by atoms with van der Waals surface area (Å²) >= 11 is 3.32. The minimum atomic E-state index is -0.772. The van der Waals surface area contributed by atoms with E-state index in [-0.39, 0.29) is 52.0 Å². The van der Waals surface area contributed by atoms with Crippen LogP contribution >= 0.6 is 49.9 Å². The van der Waals surface area contributed by atoms with Gasteiger partial charge in [-0.25, -0.2) is 0 Å². The van der Waals surface area contributed by atoms with Gasteiger partial charge in [0.1, 0.15) is 5.69 Å². The van der Waals surface area contributed by atoms with Crippen molar-refractivity contribution < 1.29 is 14.4 Å². The van der Waals surface area contributed by atoms with Gasteiger partial charge >= 0.3 is 0 Å². The number of carbonyl (C=O) groups excluding carboxylic acids is 3. The van der Waals surface area contributed by atoms with Gasteiger partial charge in [-0.2, -0.15) is 0 Å². The number of amides is 2. The van der Waals surface area contributed by atoms with E-state index in [2.05, 4.69) is 31.5 Å². The fourth-order valence-corrected chi connectivity index (χ4v) is 3.25. The summed E-state index contributed by atoms with van der Waals surface area (Å²) in [6.07, 6.45) is 1.89. The first-order chi connectivity index (χ1) is 14.9. The molecule has 3 rings (SSSR count). The molecule has 3 aromatic rings. The monoisotopic (exact) mass is 640 g/mol. The number of pyridine rings is 1. The lowest BCUT2D eigenvalue weighted by molar-refractivity contribution is -0.125. The lowest BCUT2D eigenvalue weighted by Crippen LogP contribution is -2.44. The molecule has 0 aliphatic heterocycles. The van der Waals surface area contributed by atoms with Gasteiger partial charge in [0, 0.05) is 16.2 Å². The molecule has 7 nitrogen and oxygen atoms in total. The van der Waals surface area contributed by atoms with Crippen LogP contribution in [0.4, 0.5) is 5.69 Å². The Morgan fingerprint density at radius 1 is 0.970 bits per heavy atom. The van der Waals surface area contributed by atoms with Crippen LogP contribution in [-0.2, 0) is 16.0 Å². The highest BCUT2D eigenvalue weighted by molar-refractivity contribution is 9.10. The molecule has 1 heterocycles. The first-order valence-electron chi connectivity index (χ1n) is 9.56. The van der Waals surface area contributed by atoms with Crippen LogP contribution in [0.5, 0.6) is 0 Å². The normalized spacial score (nSPS) is 10.7. The third kappa shape index (κ3) is 8.47. The summed E-state index contributed by atoms with van der Waals surface area (Å²) in [5, 5.41) is 5.20. The predicted octanol–water partition coefficient (Wildman–Crippen LogP) is 3.86. The molecule has 1 aromatic heterocycles. The summed E-state index contributed by atoms with van der Waals surface area (Å²) in [6, 6.07) is 18.6. The van der Waals surface area contributed by atoms with Crippen LogP contribution in [0.3, 0.4) is 0 Å². The van der Waals surface area contributed by atoms with Crippen LogP contribution in [-0.4, -0.2) is 35.2 Å². The Morgan fingerprint density at radius 3 is 2.33 bits per heavy atom. The fraction of sp³-hybridized carbons (Fsp3) is 0.130. The Bertz CT molecular complexity index is 1100. The van der Waals surface area contributed by atoms with Gasteiger partial charge in [-0.05, 0) is 36.2 Å². The second-order valence-electron chi connectivity index (χ2n) is 6.80. The van der Waals surface area contributed by atoms with Crippen molar-refractivity contribution in [3.05, 3.63) is 94.2 Å². The van der Waals surface area contributed by atoms with E-state index in [1.807, 2.05) is 30.3 Å². The standard InChI is InChI=1S/C23H21BrN4O3.2BrH/c24-16-10-11-26-20(13-16)22(30)17-8-4-5-9-19(17)28-21(29)14-27-23(31)18(25)12-15-6-2-1-3-7-15;;/h1-11,13,18H,12,14,25H2,(H,27,31)(H,28,29);2*1H/t18-;;/m0../s1. The summed E-state index contributed by atoms with van der Waals surface area (Å²) in [6.45, 7) is -0.265. The maximum atomic E-state index is 12.8. The number of anilines is 1. The van der Waals surface area contributed by atoms with Gasteiger partial charge in [-0.1, -0.05) is 58.4 Å². The van der Waals surface area contributed by atoms with E-state index in [0.29, 0.717) is 17.7 Å². The molecule has 0 bridgehead atoms. The van der Waals surface area contributed by atoms with Gasteiger partial charge in [-0.15, -0.1) is 34.0 Å². The van der Waals surface area contributed by atoms with Crippen LogP contribution in [0.15, 0.2) is 77.4 Å². The molecule has 0 unspecified atom stereocenters. The lowest BCUT2D eigenvalue weighted by atomic mass is 10.1. The van der Waals surface area contributed by atoms with E-state index >= 15 is 0 Å². The van der Waals surface area contributed by atoms with Crippen molar-refractivity contribution in [2.24, 2.45) is 5.73 Å². The summed E-state index contributed by atoms with van der Waals surface area (Å²) in [4.78, 5) is 41.5. The van der Waals surface area contributed by atoms with Crippen molar-refractivity contribution in [2.75, 3.05) is 11.9 Å². The molecule has 10 heteroatoms. The van der Waals surface area contributed by atoms with Crippen LogP contribution < -0.4 is 16.4 Å². The van der Waals surface area contributed by atoms with Crippen molar-refractivity contribution >= 4 is 73.2 Å². The van der Waals surface area contributed by atoms with E-state index in [0.717, 1.165) is 10.0 Å². The van der Waals surface area contributed by atoms with Crippen molar-refractivity contribution in [3.63, 3.8) is 0 Å². The van der Waals surface area contributed by atoms with Crippen molar-refractivity contribution in [2.45, 2.75) is 12.5 Å². The minimum Gasteiger partial charge on any atom is -0.346 e. The van der Waals surface area contributed by atoms with Crippen molar-refractivity contribution in [3.8, 4) is 0 Å². The number of carbonyl (C=O) groups is 3. The van der Waals surface area contributed by atoms with Crippen molar-refractivity contribution in [1.29, 1.82) is 0 Å². The number of nitrogens with one attached hydrogen (secondary N) is 2. The number of rotatable bonds is 8. The van der Waals surface area contributed by atoms with Crippen LogP contribution in [0, 0.1) is 0 Å². The summed E-state index contributed by atoms with van der Waals surface area (Å²) in [7, 11) is 0. The molecule has 0 fully saturated rings. The molecule has 0 radical (unpaired) electrons.